The minimum atomic E-state index is -1.70. The molecule has 37 heavy (non-hydrogen) atoms. The zero-order valence-corrected chi connectivity index (χ0v) is 22.5. The van der Waals surface area contributed by atoms with Crippen molar-refractivity contribution in [2.75, 3.05) is 0 Å². The molecule has 3 aromatic rings. The SMILES string of the molecule is CC(C)Cc1ccc(C(C)C(=O)NC(Cc2c[nH]c3ccccc23)C(=O)NC(CC(C)C)B(O)O)cc1. The zero-order valence-electron chi connectivity index (χ0n) is 22.5. The Bertz CT molecular complexity index is 1170. The third kappa shape index (κ3) is 7.94. The average molecular weight is 505 g/mol. The zero-order chi connectivity index (χ0) is 27.1. The summed E-state index contributed by atoms with van der Waals surface area (Å²) in [4.78, 5) is 29.9. The second kappa shape index (κ2) is 12.9. The van der Waals surface area contributed by atoms with Gasteiger partial charge in [-0.2, -0.15) is 0 Å². The highest BCUT2D eigenvalue weighted by atomic mass is 16.4. The molecule has 3 unspecified atom stereocenters. The van der Waals surface area contributed by atoms with Gasteiger partial charge in [-0.15, -0.1) is 0 Å². The normalized spacial score (nSPS) is 14.0. The van der Waals surface area contributed by atoms with Gasteiger partial charge in [-0.05, 0) is 54.4 Å². The molecule has 5 N–H and O–H groups in total. The van der Waals surface area contributed by atoms with Gasteiger partial charge in [0.05, 0.1) is 11.9 Å². The number of carbonyl (C=O) groups excluding carboxylic acids is 2. The van der Waals surface area contributed by atoms with E-state index in [0.717, 1.165) is 28.5 Å². The van der Waals surface area contributed by atoms with Gasteiger partial charge in [0, 0.05) is 23.5 Å². The lowest BCUT2D eigenvalue weighted by Gasteiger charge is -2.25. The Hall–Kier alpha value is -3.10. The molecule has 0 saturated carbocycles. The molecular weight excluding hydrogens is 465 g/mol. The fraction of sp³-hybridized carbons (Fsp3) is 0.448. The van der Waals surface area contributed by atoms with Crippen LogP contribution in [0.5, 0.6) is 0 Å². The molecular formula is C29H40BN3O4. The number of aromatic amines is 1. The number of nitrogens with one attached hydrogen (secondary N) is 3. The Labute approximate surface area is 220 Å². The molecule has 0 aliphatic heterocycles. The molecule has 2 aromatic carbocycles. The molecule has 7 nitrogen and oxygen atoms in total. The fourth-order valence-electron chi connectivity index (χ4n) is 4.64. The highest BCUT2D eigenvalue weighted by Crippen LogP contribution is 2.21. The van der Waals surface area contributed by atoms with E-state index in [1.807, 2.05) is 75.5 Å². The quantitative estimate of drug-likeness (QED) is 0.241. The molecule has 0 aliphatic rings. The van der Waals surface area contributed by atoms with Crippen molar-refractivity contribution in [2.24, 2.45) is 11.8 Å². The number of para-hydroxylation sites is 1. The van der Waals surface area contributed by atoms with E-state index in [4.69, 9.17) is 0 Å². The van der Waals surface area contributed by atoms with Crippen molar-refractivity contribution in [3.63, 3.8) is 0 Å². The molecule has 3 rings (SSSR count). The molecule has 0 fully saturated rings. The van der Waals surface area contributed by atoms with E-state index in [1.165, 1.54) is 5.56 Å². The standard InChI is InChI=1S/C29H40BN3O4/c1-18(2)14-21-10-12-22(13-11-21)20(5)28(34)32-26(29(35)33-27(30(36)37)15-19(3)4)16-23-17-31-25-9-7-6-8-24(23)25/h6-13,17-20,26-27,31,36-37H,14-16H2,1-5H3,(H,32,34)(H,33,35). The lowest BCUT2D eigenvalue weighted by atomic mass is 9.75. The van der Waals surface area contributed by atoms with E-state index in [2.05, 4.69) is 29.5 Å². The summed E-state index contributed by atoms with van der Waals surface area (Å²) < 4.78 is 0. The van der Waals surface area contributed by atoms with E-state index in [9.17, 15) is 19.6 Å². The number of rotatable bonds is 12. The molecule has 1 aromatic heterocycles. The Morgan fingerprint density at radius 1 is 0.865 bits per heavy atom. The molecule has 1 heterocycles. The highest BCUT2D eigenvalue weighted by Gasteiger charge is 2.31. The van der Waals surface area contributed by atoms with Crippen LogP contribution >= 0.6 is 0 Å². The first-order chi connectivity index (χ1) is 17.5. The number of carbonyl (C=O) groups is 2. The largest absolute Gasteiger partial charge is 0.475 e. The first-order valence-corrected chi connectivity index (χ1v) is 13.2. The van der Waals surface area contributed by atoms with Gasteiger partial charge in [-0.1, -0.05) is 70.2 Å². The van der Waals surface area contributed by atoms with Gasteiger partial charge in [-0.25, -0.2) is 0 Å². The summed E-state index contributed by atoms with van der Waals surface area (Å²) in [7, 11) is -1.70. The maximum absolute atomic E-state index is 13.4. The van der Waals surface area contributed by atoms with E-state index in [-0.39, 0.29) is 18.2 Å². The minimum absolute atomic E-state index is 0.146. The summed E-state index contributed by atoms with van der Waals surface area (Å²) in [6, 6.07) is 14.9. The van der Waals surface area contributed by atoms with Crippen molar-refractivity contribution >= 4 is 29.8 Å². The smallest absolute Gasteiger partial charge is 0.426 e. The van der Waals surface area contributed by atoms with Gasteiger partial charge in [0.25, 0.3) is 0 Å². The molecule has 8 heteroatoms. The van der Waals surface area contributed by atoms with Gasteiger partial charge >= 0.3 is 7.12 Å². The molecule has 2 amide bonds. The van der Waals surface area contributed by atoms with Crippen molar-refractivity contribution in [3.8, 4) is 0 Å². The van der Waals surface area contributed by atoms with Crippen molar-refractivity contribution in [3.05, 3.63) is 71.4 Å². The fourth-order valence-corrected chi connectivity index (χ4v) is 4.64. The summed E-state index contributed by atoms with van der Waals surface area (Å²) in [5, 5.41) is 26.3. The summed E-state index contributed by atoms with van der Waals surface area (Å²) in [6.07, 6.45) is 3.48. The van der Waals surface area contributed by atoms with Gasteiger partial charge in [0.15, 0.2) is 0 Å². The third-order valence-corrected chi connectivity index (χ3v) is 6.66. The van der Waals surface area contributed by atoms with E-state index < -0.39 is 30.9 Å². The lowest BCUT2D eigenvalue weighted by Crippen LogP contribution is -2.55. The van der Waals surface area contributed by atoms with Crippen molar-refractivity contribution in [2.45, 2.75) is 71.8 Å². The number of hydrogen-bond acceptors (Lipinski definition) is 4. The van der Waals surface area contributed by atoms with Crippen molar-refractivity contribution in [1.82, 2.24) is 15.6 Å². The summed E-state index contributed by atoms with van der Waals surface area (Å²) >= 11 is 0. The van der Waals surface area contributed by atoms with E-state index in [0.29, 0.717) is 12.3 Å². The average Bonchev–Trinajstić information content (AvgIpc) is 3.25. The van der Waals surface area contributed by atoms with Gasteiger partial charge in [0.1, 0.15) is 6.04 Å². The molecule has 0 aliphatic carbocycles. The molecule has 0 radical (unpaired) electrons. The first-order valence-electron chi connectivity index (χ1n) is 13.2. The van der Waals surface area contributed by atoms with Crippen LogP contribution in [0.2, 0.25) is 0 Å². The number of aromatic nitrogens is 1. The molecule has 3 atom stereocenters. The van der Waals surface area contributed by atoms with Gasteiger partial charge in [-0.3, -0.25) is 9.59 Å². The second-order valence-electron chi connectivity index (χ2n) is 10.8. The number of H-pyrrole nitrogens is 1. The lowest BCUT2D eigenvalue weighted by molar-refractivity contribution is -0.129. The first kappa shape index (κ1) is 28.5. The molecule has 0 saturated heterocycles. The summed E-state index contributed by atoms with van der Waals surface area (Å²) in [6.45, 7) is 10.1. The predicted octanol–water partition coefficient (Wildman–Crippen LogP) is 3.74. The van der Waals surface area contributed by atoms with E-state index in [1.54, 1.807) is 0 Å². The van der Waals surface area contributed by atoms with Crippen LogP contribution in [0.1, 0.15) is 63.6 Å². The van der Waals surface area contributed by atoms with Crippen molar-refractivity contribution in [1.29, 1.82) is 0 Å². The van der Waals surface area contributed by atoms with Crippen LogP contribution in [0, 0.1) is 11.8 Å². The Kier molecular flexibility index (Phi) is 9.95. The maximum Gasteiger partial charge on any atom is 0.475 e. The van der Waals surface area contributed by atoms with Crippen LogP contribution in [0.3, 0.4) is 0 Å². The molecule has 0 spiro atoms. The number of hydrogen-bond donors (Lipinski definition) is 5. The van der Waals surface area contributed by atoms with Gasteiger partial charge < -0.3 is 25.7 Å². The van der Waals surface area contributed by atoms with Crippen LogP contribution < -0.4 is 10.6 Å². The summed E-state index contributed by atoms with van der Waals surface area (Å²) in [5.74, 6) is -1.31. The Morgan fingerprint density at radius 2 is 1.54 bits per heavy atom. The number of fused-ring (bicyclic) bond motifs is 1. The highest BCUT2D eigenvalue weighted by molar-refractivity contribution is 6.43. The Balaban J connectivity index is 1.81. The van der Waals surface area contributed by atoms with Crippen LogP contribution in [-0.4, -0.2) is 45.9 Å². The number of benzene rings is 2. The minimum Gasteiger partial charge on any atom is -0.426 e. The molecule has 0 bridgehead atoms. The van der Waals surface area contributed by atoms with Crippen LogP contribution in [0.25, 0.3) is 10.9 Å². The third-order valence-electron chi connectivity index (χ3n) is 6.66. The Morgan fingerprint density at radius 3 is 2.16 bits per heavy atom. The van der Waals surface area contributed by atoms with Crippen molar-refractivity contribution < 1.29 is 19.6 Å². The monoisotopic (exact) mass is 505 g/mol. The topological polar surface area (TPSA) is 114 Å². The predicted molar refractivity (Wildman–Crippen MR) is 149 cm³/mol. The van der Waals surface area contributed by atoms with Crippen LogP contribution in [0.4, 0.5) is 0 Å². The second-order valence-corrected chi connectivity index (χ2v) is 10.8. The maximum atomic E-state index is 13.4. The van der Waals surface area contributed by atoms with Crippen LogP contribution in [-0.2, 0) is 22.4 Å². The van der Waals surface area contributed by atoms with E-state index >= 15 is 0 Å². The molecule has 198 valence electrons. The number of amides is 2. The van der Waals surface area contributed by atoms with Gasteiger partial charge in [0.2, 0.25) is 11.8 Å². The summed E-state index contributed by atoms with van der Waals surface area (Å²) in [5.41, 5.74) is 3.94. The van der Waals surface area contributed by atoms with Crippen LogP contribution in [0.15, 0.2) is 54.7 Å².